The Labute approximate surface area is 141 Å². The maximum atomic E-state index is 13.3. The Morgan fingerprint density at radius 1 is 1.21 bits per heavy atom. The molecule has 0 radical (unpaired) electrons. The van der Waals surface area contributed by atoms with Gasteiger partial charge in [-0.05, 0) is 49.6 Å². The van der Waals surface area contributed by atoms with E-state index < -0.39 is 5.41 Å². The van der Waals surface area contributed by atoms with Crippen molar-refractivity contribution in [3.05, 3.63) is 59.2 Å². The van der Waals surface area contributed by atoms with E-state index in [9.17, 15) is 9.18 Å². The van der Waals surface area contributed by atoms with Gasteiger partial charge in [-0.3, -0.25) is 4.79 Å². The maximum absolute atomic E-state index is 13.3. The molecule has 128 valence electrons. The van der Waals surface area contributed by atoms with E-state index in [1.54, 1.807) is 12.1 Å². The Kier molecular flexibility index (Phi) is 4.71. The van der Waals surface area contributed by atoms with Gasteiger partial charge in [-0.2, -0.15) is 0 Å². The third-order valence-corrected chi connectivity index (χ3v) is 5.08. The summed E-state index contributed by atoms with van der Waals surface area (Å²) in [6.07, 6.45) is 1.22. The number of nitrogens with one attached hydrogen (secondary N) is 1. The van der Waals surface area contributed by atoms with E-state index in [4.69, 9.17) is 4.74 Å². The average molecular weight is 330 g/mol. The van der Waals surface area contributed by atoms with Crippen LogP contribution in [0.25, 0.3) is 0 Å². The minimum Gasteiger partial charge on any atom is -0.381 e. The Bertz CT molecular complexity index is 715. The molecule has 1 aromatic heterocycles. The molecule has 1 N–H and O–H groups in total. The highest BCUT2D eigenvalue weighted by atomic mass is 19.1. The first kappa shape index (κ1) is 16.7. The summed E-state index contributed by atoms with van der Waals surface area (Å²) in [6, 6.07) is 10.3. The summed E-state index contributed by atoms with van der Waals surface area (Å²) < 4.78 is 20.8. The number of aromatic nitrogens is 1. The minimum absolute atomic E-state index is 0.0174. The van der Waals surface area contributed by atoms with Crippen LogP contribution < -0.4 is 5.32 Å². The van der Waals surface area contributed by atoms with Gasteiger partial charge in [0.05, 0.1) is 12.0 Å². The number of hydrogen-bond donors (Lipinski definition) is 1. The fourth-order valence-corrected chi connectivity index (χ4v) is 3.32. The number of aryl methyl sites for hydroxylation is 1. The van der Waals surface area contributed by atoms with Crippen molar-refractivity contribution in [2.45, 2.75) is 31.7 Å². The molecule has 2 heterocycles. The average Bonchev–Trinajstić information content (AvgIpc) is 2.92. The van der Waals surface area contributed by atoms with E-state index in [1.807, 2.05) is 26.1 Å². The summed E-state index contributed by atoms with van der Waals surface area (Å²) in [5, 5.41) is 3.07. The van der Waals surface area contributed by atoms with Crippen LogP contribution in [0.1, 0.15) is 29.8 Å². The number of hydrogen-bond acceptors (Lipinski definition) is 2. The highest BCUT2D eigenvalue weighted by Crippen LogP contribution is 2.35. The van der Waals surface area contributed by atoms with Gasteiger partial charge >= 0.3 is 0 Å². The van der Waals surface area contributed by atoms with Crippen LogP contribution in [0.15, 0.2) is 36.4 Å². The number of amides is 1. The number of benzene rings is 1. The van der Waals surface area contributed by atoms with E-state index in [-0.39, 0.29) is 11.7 Å². The number of ether oxygens (including phenoxy) is 1. The van der Waals surface area contributed by atoms with Crippen LogP contribution in [0.5, 0.6) is 0 Å². The van der Waals surface area contributed by atoms with Crippen molar-refractivity contribution in [2.24, 2.45) is 7.05 Å². The van der Waals surface area contributed by atoms with E-state index >= 15 is 0 Å². The molecule has 0 bridgehead atoms. The summed E-state index contributed by atoms with van der Waals surface area (Å²) in [5.74, 6) is -0.308. The zero-order valence-corrected chi connectivity index (χ0v) is 14.1. The van der Waals surface area contributed by atoms with Crippen LogP contribution in [-0.4, -0.2) is 23.7 Å². The fraction of sp³-hybridized carbons (Fsp3) is 0.421. The van der Waals surface area contributed by atoms with E-state index in [2.05, 4.69) is 9.88 Å². The van der Waals surface area contributed by atoms with Gasteiger partial charge in [0.2, 0.25) is 5.91 Å². The Morgan fingerprint density at radius 3 is 2.46 bits per heavy atom. The molecule has 1 saturated heterocycles. The van der Waals surface area contributed by atoms with E-state index in [0.29, 0.717) is 32.6 Å². The lowest BCUT2D eigenvalue weighted by Crippen LogP contribution is -2.48. The fourth-order valence-electron chi connectivity index (χ4n) is 3.32. The van der Waals surface area contributed by atoms with Gasteiger partial charge in [-0.25, -0.2) is 4.39 Å². The second-order valence-corrected chi connectivity index (χ2v) is 6.41. The molecule has 0 saturated carbocycles. The van der Waals surface area contributed by atoms with Gasteiger partial charge in [-0.1, -0.05) is 12.1 Å². The first-order chi connectivity index (χ1) is 11.5. The SMILES string of the molecule is Cc1ccc(CNC(=O)C2(c3ccc(F)cc3)CCOCC2)n1C. The first-order valence-electron chi connectivity index (χ1n) is 8.26. The quantitative estimate of drug-likeness (QED) is 0.937. The van der Waals surface area contributed by atoms with Crippen molar-refractivity contribution < 1.29 is 13.9 Å². The maximum Gasteiger partial charge on any atom is 0.231 e. The number of nitrogens with zero attached hydrogens (tertiary/aromatic N) is 1. The molecule has 1 fully saturated rings. The predicted octanol–water partition coefficient (Wildman–Crippen LogP) is 2.84. The van der Waals surface area contributed by atoms with Gasteiger partial charge in [0.1, 0.15) is 5.82 Å². The molecule has 1 aromatic carbocycles. The highest BCUT2D eigenvalue weighted by Gasteiger charge is 2.41. The van der Waals surface area contributed by atoms with Crippen LogP contribution in [0.4, 0.5) is 4.39 Å². The number of carbonyl (C=O) groups excluding carboxylic acids is 1. The smallest absolute Gasteiger partial charge is 0.231 e. The number of halogens is 1. The molecule has 24 heavy (non-hydrogen) atoms. The Balaban J connectivity index is 1.81. The standard InChI is InChI=1S/C19H23FN2O2/c1-14-3-8-17(22(14)2)13-21-18(23)19(9-11-24-12-10-19)15-4-6-16(20)7-5-15/h3-8H,9-13H2,1-2H3,(H,21,23). The van der Waals surface area contributed by atoms with Crippen molar-refractivity contribution in [3.63, 3.8) is 0 Å². The summed E-state index contributed by atoms with van der Waals surface area (Å²) in [6.45, 7) is 3.58. The topological polar surface area (TPSA) is 43.3 Å². The molecule has 0 atom stereocenters. The first-order valence-corrected chi connectivity index (χ1v) is 8.26. The zero-order valence-electron chi connectivity index (χ0n) is 14.1. The molecule has 4 nitrogen and oxygen atoms in total. The molecule has 1 aliphatic heterocycles. The highest BCUT2D eigenvalue weighted by molar-refractivity contribution is 5.88. The van der Waals surface area contributed by atoms with Gasteiger partial charge in [0.15, 0.2) is 0 Å². The van der Waals surface area contributed by atoms with Gasteiger partial charge in [-0.15, -0.1) is 0 Å². The molecule has 0 unspecified atom stereocenters. The van der Waals surface area contributed by atoms with E-state index in [0.717, 1.165) is 17.0 Å². The second-order valence-electron chi connectivity index (χ2n) is 6.41. The lowest BCUT2D eigenvalue weighted by atomic mass is 9.73. The van der Waals surface area contributed by atoms with Gasteiger partial charge < -0.3 is 14.6 Å². The molecular weight excluding hydrogens is 307 g/mol. The molecule has 2 aromatic rings. The molecule has 5 heteroatoms. The summed E-state index contributed by atoms with van der Waals surface area (Å²) in [5.41, 5.74) is 2.42. The summed E-state index contributed by atoms with van der Waals surface area (Å²) in [4.78, 5) is 13.0. The third kappa shape index (κ3) is 3.08. The Morgan fingerprint density at radius 2 is 1.88 bits per heavy atom. The minimum atomic E-state index is -0.647. The summed E-state index contributed by atoms with van der Waals surface area (Å²) >= 11 is 0. The van der Waals surface area contributed by atoms with Crippen molar-refractivity contribution in [1.29, 1.82) is 0 Å². The lowest BCUT2D eigenvalue weighted by molar-refractivity contribution is -0.130. The molecule has 0 spiro atoms. The zero-order chi connectivity index (χ0) is 17.2. The van der Waals surface area contributed by atoms with Crippen LogP contribution in [0, 0.1) is 12.7 Å². The largest absolute Gasteiger partial charge is 0.381 e. The normalized spacial score (nSPS) is 16.8. The van der Waals surface area contributed by atoms with E-state index in [1.165, 1.54) is 12.1 Å². The van der Waals surface area contributed by atoms with Crippen LogP contribution in [-0.2, 0) is 28.5 Å². The monoisotopic (exact) mass is 330 g/mol. The van der Waals surface area contributed by atoms with Crippen LogP contribution in [0.3, 0.4) is 0 Å². The molecular formula is C19H23FN2O2. The van der Waals surface area contributed by atoms with Gasteiger partial charge in [0.25, 0.3) is 0 Å². The molecule has 1 amide bonds. The van der Waals surface area contributed by atoms with Crippen molar-refractivity contribution >= 4 is 5.91 Å². The molecule has 1 aliphatic rings. The Hall–Kier alpha value is -2.14. The third-order valence-electron chi connectivity index (χ3n) is 5.08. The summed E-state index contributed by atoms with van der Waals surface area (Å²) in [7, 11) is 1.99. The second kappa shape index (κ2) is 6.77. The van der Waals surface area contributed by atoms with Crippen molar-refractivity contribution in [2.75, 3.05) is 13.2 Å². The van der Waals surface area contributed by atoms with Crippen molar-refractivity contribution in [3.8, 4) is 0 Å². The lowest BCUT2D eigenvalue weighted by Gasteiger charge is -2.36. The predicted molar refractivity (Wildman–Crippen MR) is 90.1 cm³/mol. The van der Waals surface area contributed by atoms with Crippen LogP contribution in [0.2, 0.25) is 0 Å². The number of carbonyl (C=O) groups is 1. The molecule has 3 rings (SSSR count). The van der Waals surface area contributed by atoms with Crippen LogP contribution >= 0.6 is 0 Å². The molecule has 0 aliphatic carbocycles. The van der Waals surface area contributed by atoms with Crippen molar-refractivity contribution in [1.82, 2.24) is 9.88 Å². The van der Waals surface area contributed by atoms with Gasteiger partial charge in [0, 0.05) is 31.6 Å². The number of rotatable bonds is 4.